The largest absolute Gasteiger partial charge is 0.494 e. The van der Waals surface area contributed by atoms with Crippen LogP contribution in [-0.4, -0.2) is 30.7 Å². The first-order valence-corrected chi connectivity index (χ1v) is 12.0. The summed E-state index contributed by atoms with van der Waals surface area (Å²) in [5.41, 5.74) is 4.18. The Balaban J connectivity index is 1.69. The number of ether oxygens (including phenoxy) is 1. The van der Waals surface area contributed by atoms with E-state index in [1.165, 1.54) is 25.3 Å². The lowest BCUT2D eigenvalue weighted by Crippen LogP contribution is -2.15. The van der Waals surface area contributed by atoms with Crippen LogP contribution in [0.25, 0.3) is 10.8 Å². The van der Waals surface area contributed by atoms with Crippen molar-refractivity contribution >= 4 is 44.9 Å². The van der Waals surface area contributed by atoms with Crippen molar-refractivity contribution < 1.29 is 14.8 Å². The third-order valence-corrected chi connectivity index (χ3v) is 6.24. The number of nitrogens with zero attached hydrogens (tertiary/aromatic N) is 6. The summed E-state index contributed by atoms with van der Waals surface area (Å²) in [7, 11) is 3.56. The van der Waals surface area contributed by atoms with E-state index < -0.39 is 4.92 Å². The number of hydrogen-bond donors (Lipinski definition) is 1. The van der Waals surface area contributed by atoms with Gasteiger partial charge in [-0.1, -0.05) is 24.3 Å². The molecule has 0 fully saturated rings. The molecule has 0 radical (unpaired) electrons. The van der Waals surface area contributed by atoms with Gasteiger partial charge in [0.25, 0.3) is 5.69 Å². The third-order valence-electron chi connectivity index (χ3n) is 6.24. The van der Waals surface area contributed by atoms with Crippen LogP contribution in [0.1, 0.15) is 18.1 Å². The Bertz CT molecular complexity index is 1550. The lowest BCUT2D eigenvalue weighted by atomic mass is 10.1. The van der Waals surface area contributed by atoms with E-state index in [1.54, 1.807) is 19.1 Å². The minimum absolute atomic E-state index is 0.0197. The molecule has 4 aromatic carbocycles. The van der Waals surface area contributed by atoms with Crippen LogP contribution in [0.3, 0.4) is 0 Å². The Morgan fingerprint density at radius 3 is 2.21 bits per heavy atom. The van der Waals surface area contributed by atoms with Gasteiger partial charge >= 0.3 is 0 Å². The van der Waals surface area contributed by atoms with Gasteiger partial charge in [0.2, 0.25) is 0 Å². The number of rotatable bonds is 9. The van der Waals surface area contributed by atoms with E-state index in [4.69, 9.17) is 4.74 Å². The van der Waals surface area contributed by atoms with Crippen LogP contribution in [0, 0.1) is 17.0 Å². The number of anilines is 1. The molecule has 4 aromatic rings. The Labute approximate surface area is 220 Å². The highest BCUT2D eigenvalue weighted by Gasteiger charge is 2.13. The van der Waals surface area contributed by atoms with Crippen LogP contribution < -0.4 is 9.64 Å². The number of fused-ring (bicyclic) bond motifs is 1. The molecule has 10 heteroatoms. The molecule has 0 aliphatic rings. The van der Waals surface area contributed by atoms with Crippen molar-refractivity contribution in [1.29, 1.82) is 0 Å². The number of nitro groups is 1. The van der Waals surface area contributed by atoms with Crippen LogP contribution in [0.4, 0.5) is 34.1 Å². The van der Waals surface area contributed by atoms with Gasteiger partial charge in [0.15, 0.2) is 0 Å². The summed E-state index contributed by atoms with van der Waals surface area (Å²) in [5.74, 6) is 0.409. The van der Waals surface area contributed by atoms with Gasteiger partial charge in [0.1, 0.15) is 11.4 Å². The number of aryl methyl sites for hydroxylation is 1. The molecular weight excluding hydrogens is 484 g/mol. The van der Waals surface area contributed by atoms with E-state index in [9.17, 15) is 15.2 Å². The number of non-ortho nitro benzene ring substituents is 1. The number of hydrogen-bond acceptors (Lipinski definition) is 9. The van der Waals surface area contributed by atoms with Crippen molar-refractivity contribution in [2.24, 2.45) is 20.5 Å². The topological polar surface area (TPSA) is 125 Å². The first kappa shape index (κ1) is 26.4. The summed E-state index contributed by atoms with van der Waals surface area (Å²) in [6.45, 7) is 4.39. The van der Waals surface area contributed by atoms with Crippen LogP contribution in [-0.2, 0) is 6.61 Å². The van der Waals surface area contributed by atoms with E-state index in [2.05, 4.69) is 38.3 Å². The van der Waals surface area contributed by atoms with Crippen LogP contribution in [0.15, 0.2) is 87.2 Å². The Hall–Kier alpha value is -4.70. The first-order valence-electron chi connectivity index (χ1n) is 12.0. The van der Waals surface area contributed by atoms with Gasteiger partial charge in [-0.3, -0.25) is 10.1 Å². The molecule has 0 atom stereocenters. The molecule has 0 aliphatic heterocycles. The van der Waals surface area contributed by atoms with Crippen LogP contribution in [0.5, 0.6) is 5.75 Å². The molecule has 0 heterocycles. The van der Waals surface area contributed by atoms with Gasteiger partial charge in [-0.25, -0.2) is 0 Å². The maximum Gasteiger partial charge on any atom is 0.269 e. The second-order valence-corrected chi connectivity index (χ2v) is 8.60. The minimum atomic E-state index is -0.462. The van der Waals surface area contributed by atoms with E-state index in [1.807, 2.05) is 37.4 Å². The maximum atomic E-state index is 11.0. The van der Waals surface area contributed by atoms with Crippen molar-refractivity contribution in [3.05, 3.63) is 88.0 Å². The molecule has 0 unspecified atom stereocenters. The highest BCUT2D eigenvalue weighted by molar-refractivity contribution is 6.01. The summed E-state index contributed by atoms with van der Waals surface area (Å²) in [6.07, 6.45) is 0. The summed E-state index contributed by atoms with van der Waals surface area (Å²) < 4.78 is 5.53. The van der Waals surface area contributed by atoms with E-state index in [0.717, 1.165) is 23.0 Å². The quantitative estimate of drug-likeness (QED) is 0.139. The number of methoxy groups -OCH3 is 1. The molecule has 0 aromatic heterocycles. The zero-order valence-corrected chi connectivity index (χ0v) is 21.6. The van der Waals surface area contributed by atoms with E-state index in [0.29, 0.717) is 39.6 Å². The fourth-order valence-corrected chi connectivity index (χ4v) is 4.00. The fourth-order valence-electron chi connectivity index (χ4n) is 4.00. The lowest BCUT2D eigenvalue weighted by molar-refractivity contribution is -0.384. The maximum absolute atomic E-state index is 11.0. The van der Waals surface area contributed by atoms with Crippen LogP contribution in [0.2, 0.25) is 0 Å². The molecule has 0 aliphatic carbocycles. The van der Waals surface area contributed by atoms with Crippen molar-refractivity contribution in [2.45, 2.75) is 20.5 Å². The highest BCUT2D eigenvalue weighted by atomic mass is 16.6. The molecule has 0 amide bonds. The predicted octanol–water partition coefficient (Wildman–Crippen LogP) is 7.84. The van der Waals surface area contributed by atoms with E-state index in [-0.39, 0.29) is 12.3 Å². The molecule has 194 valence electrons. The number of benzene rings is 4. The van der Waals surface area contributed by atoms with Gasteiger partial charge in [-0.2, -0.15) is 10.2 Å². The summed E-state index contributed by atoms with van der Waals surface area (Å²) >= 11 is 0. The molecule has 10 nitrogen and oxygen atoms in total. The molecule has 0 bridgehead atoms. The molecule has 0 spiro atoms. The monoisotopic (exact) mass is 512 g/mol. The van der Waals surface area contributed by atoms with Gasteiger partial charge in [-0.05, 0) is 43.7 Å². The summed E-state index contributed by atoms with van der Waals surface area (Å²) in [4.78, 5) is 12.7. The van der Waals surface area contributed by atoms with E-state index >= 15 is 0 Å². The van der Waals surface area contributed by atoms with Gasteiger partial charge in [0, 0.05) is 53.8 Å². The lowest BCUT2D eigenvalue weighted by Gasteiger charge is -2.19. The summed E-state index contributed by atoms with van der Waals surface area (Å²) in [6, 6.07) is 19.6. The zero-order chi connectivity index (χ0) is 27.2. The van der Waals surface area contributed by atoms with Gasteiger partial charge < -0.3 is 14.7 Å². The van der Waals surface area contributed by atoms with Crippen molar-refractivity contribution in [1.82, 2.24) is 0 Å². The van der Waals surface area contributed by atoms with Gasteiger partial charge in [-0.15, -0.1) is 10.2 Å². The summed E-state index contributed by atoms with van der Waals surface area (Å²) in [5, 5.41) is 40.5. The Morgan fingerprint density at radius 2 is 1.55 bits per heavy atom. The molecule has 4 rings (SSSR count). The van der Waals surface area contributed by atoms with Crippen LogP contribution >= 0.6 is 0 Å². The third kappa shape index (κ3) is 5.50. The van der Waals surface area contributed by atoms with Crippen molar-refractivity contribution in [2.75, 3.05) is 25.6 Å². The Kier molecular flexibility index (Phi) is 8.03. The second-order valence-electron chi connectivity index (χ2n) is 8.60. The zero-order valence-electron chi connectivity index (χ0n) is 21.6. The fraction of sp³-hybridized carbons (Fsp3) is 0.214. The highest BCUT2D eigenvalue weighted by Crippen LogP contribution is 2.39. The number of aliphatic hydroxyl groups excluding tert-OH is 1. The first-order chi connectivity index (χ1) is 18.4. The average molecular weight is 513 g/mol. The standard InChI is InChI=1S/C28H28N6O4/c1-5-33(3)27-13-12-24(21-8-6-7-9-22(21)27)30-32-26-15-19(17-35)25(16-28(26)38-4)31-29-23-11-10-20(34(36)37)14-18(23)2/h6-16,35H,5,17H2,1-4H3. The normalized spacial score (nSPS) is 11.5. The molecule has 0 saturated heterocycles. The molecule has 38 heavy (non-hydrogen) atoms. The SMILES string of the molecule is CCN(C)c1ccc(N=Nc2cc(CO)c(N=Nc3ccc([N+](=O)[O-])cc3C)cc2OC)c2ccccc12. The molecular formula is C28H28N6O4. The van der Waals surface area contributed by atoms with Gasteiger partial charge in [0.05, 0.1) is 35.7 Å². The minimum Gasteiger partial charge on any atom is -0.494 e. The number of azo groups is 2. The van der Waals surface area contributed by atoms with Crippen molar-refractivity contribution in [3.63, 3.8) is 0 Å². The predicted molar refractivity (Wildman–Crippen MR) is 148 cm³/mol. The second kappa shape index (κ2) is 11.6. The number of aliphatic hydroxyl groups is 1. The Morgan fingerprint density at radius 1 is 0.895 bits per heavy atom. The number of nitro benzene ring substituents is 1. The molecule has 1 N–H and O–H groups in total. The molecule has 0 saturated carbocycles. The average Bonchev–Trinajstić information content (AvgIpc) is 2.94. The smallest absolute Gasteiger partial charge is 0.269 e. The van der Waals surface area contributed by atoms with Crippen molar-refractivity contribution in [3.8, 4) is 5.75 Å².